The summed E-state index contributed by atoms with van der Waals surface area (Å²) in [6, 6.07) is 0.546. The Balaban J connectivity index is 1.82. The minimum Gasteiger partial charge on any atom is -0.466 e. The van der Waals surface area contributed by atoms with E-state index in [0.717, 1.165) is 45.4 Å². The van der Waals surface area contributed by atoms with Crippen LogP contribution >= 0.6 is 0 Å². The monoisotopic (exact) mass is 229 g/mol. The summed E-state index contributed by atoms with van der Waals surface area (Å²) in [4.78, 5) is 11.0. The second kappa shape index (κ2) is 8.53. The zero-order valence-corrected chi connectivity index (χ0v) is 10.2. The van der Waals surface area contributed by atoms with E-state index in [2.05, 4.69) is 5.32 Å². The maximum absolute atomic E-state index is 11.0. The number of rotatable bonds is 8. The molecule has 1 N–H and O–H groups in total. The fourth-order valence-corrected chi connectivity index (χ4v) is 1.81. The number of nitrogens with one attached hydrogen (secondary N) is 1. The van der Waals surface area contributed by atoms with Crippen molar-refractivity contribution in [3.63, 3.8) is 0 Å². The SMILES string of the molecule is CCOC(=O)CCCCCNC1CCOC1. The Labute approximate surface area is 97.7 Å². The van der Waals surface area contributed by atoms with Crippen molar-refractivity contribution in [2.75, 3.05) is 26.4 Å². The highest BCUT2D eigenvalue weighted by molar-refractivity contribution is 5.69. The van der Waals surface area contributed by atoms with Gasteiger partial charge in [-0.15, -0.1) is 0 Å². The zero-order chi connectivity index (χ0) is 11.6. The zero-order valence-electron chi connectivity index (χ0n) is 10.2. The van der Waals surface area contributed by atoms with Crippen LogP contribution < -0.4 is 5.32 Å². The minimum atomic E-state index is -0.0698. The van der Waals surface area contributed by atoms with E-state index in [-0.39, 0.29) is 5.97 Å². The molecule has 0 saturated carbocycles. The second-order valence-electron chi connectivity index (χ2n) is 4.13. The summed E-state index contributed by atoms with van der Waals surface area (Å²) in [5.74, 6) is -0.0698. The summed E-state index contributed by atoms with van der Waals surface area (Å²) in [6.07, 6.45) is 4.82. The average molecular weight is 229 g/mol. The van der Waals surface area contributed by atoms with Gasteiger partial charge in [-0.1, -0.05) is 6.42 Å². The van der Waals surface area contributed by atoms with E-state index in [1.165, 1.54) is 0 Å². The molecule has 1 atom stereocenters. The Hall–Kier alpha value is -0.610. The first-order valence-corrected chi connectivity index (χ1v) is 6.29. The number of carbonyl (C=O) groups is 1. The molecule has 0 aliphatic carbocycles. The first-order valence-electron chi connectivity index (χ1n) is 6.29. The first-order chi connectivity index (χ1) is 7.83. The van der Waals surface area contributed by atoms with Gasteiger partial charge < -0.3 is 14.8 Å². The Bertz CT molecular complexity index is 191. The molecule has 1 unspecified atom stereocenters. The van der Waals surface area contributed by atoms with Gasteiger partial charge in [-0.2, -0.15) is 0 Å². The van der Waals surface area contributed by atoms with Crippen molar-refractivity contribution in [3.8, 4) is 0 Å². The summed E-state index contributed by atoms with van der Waals surface area (Å²) in [5, 5.41) is 3.45. The Morgan fingerprint density at radius 1 is 1.44 bits per heavy atom. The topological polar surface area (TPSA) is 47.6 Å². The average Bonchev–Trinajstić information content (AvgIpc) is 2.76. The van der Waals surface area contributed by atoms with Crippen LogP contribution in [0.4, 0.5) is 0 Å². The quantitative estimate of drug-likeness (QED) is 0.506. The molecule has 0 aromatic heterocycles. The molecular weight excluding hydrogens is 206 g/mol. The molecule has 0 radical (unpaired) electrons. The molecule has 1 aliphatic heterocycles. The second-order valence-corrected chi connectivity index (χ2v) is 4.13. The lowest BCUT2D eigenvalue weighted by molar-refractivity contribution is -0.143. The highest BCUT2D eigenvalue weighted by Crippen LogP contribution is 2.04. The van der Waals surface area contributed by atoms with Crippen LogP contribution in [-0.4, -0.2) is 38.4 Å². The molecule has 1 fully saturated rings. The van der Waals surface area contributed by atoms with Gasteiger partial charge in [0.2, 0.25) is 0 Å². The van der Waals surface area contributed by atoms with Gasteiger partial charge in [-0.3, -0.25) is 4.79 Å². The molecule has 0 amide bonds. The third-order valence-electron chi connectivity index (χ3n) is 2.73. The van der Waals surface area contributed by atoms with Crippen LogP contribution in [0.1, 0.15) is 39.0 Å². The lowest BCUT2D eigenvalue weighted by Crippen LogP contribution is -2.29. The fraction of sp³-hybridized carbons (Fsp3) is 0.917. The predicted molar refractivity (Wildman–Crippen MR) is 62.3 cm³/mol. The third kappa shape index (κ3) is 6.08. The summed E-state index contributed by atoms with van der Waals surface area (Å²) < 4.78 is 10.1. The Morgan fingerprint density at radius 3 is 3.00 bits per heavy atom. The van der Waals surface area contributed by atoms with Crippen LogP contribution in [0.3, 0.4) is 0 Å². The van der Waals surface area contributed by atoms with Crippen molar-refractivity contribution in [1.29, 1.82) is 0 Å². The lowest BCUT2D eigenvalue weighted by Gasteiger charge is -2.09. The van der Waals surface area contributed by atoms with Gasteiger partial charge in [0.05, 0.1) is 13.2 Å². The van der Waals surface area contributed by atoms with Crippen molar-refractivity contribution >= 4 is 5.97 Å². The Morgan fingerprint density at radius 2 is 2.31 bits per heavy atom. The van der Waals surface area contributed by atoms with Crippen molar-refractivity contribution in [2.45, 2.75) is 45.1 Å². The molecule has 4 heteroatoms. The molecule has 0 aromatic carbocycles. The van der Waals surface area contributed by atoms with Gasteiger partial charge in [0.15, 0.2) is 0 Å². The van der Waals surface area contributed by atoms with Crippen LogP contribution in [0, 0.1) is 0 Å². The molecule has 0 bridgehead atoms. The molecule has 94 valence electrons. The Kier molecular flexibility index (Phi) is 7.17. The van der Waals surface area contributed by atoms with E-state index in [0.29, 0.717) is 19.1 Å². The molecule has 16 heavy (non-hydrogen) atoms. The number of esters is 1. The van der Waals surface area contributed by atoms with Gasteiger partial charge in [-0.05, 0) is 32.7 Å². The van der Waals surface area contributed by atoms with Gasteiger partial charge in [0.1, 0.15) is 0 Å². The van der Waals surface area contributed by atoms with Gasteiger partial charge in [0, 0.05) is 19.1 Å². The van der Waals surface area contributed by atoms with Crippen molar-refractivity contribution in [1.82, 2.24) is 5.32 Å². The van der Waals surface area contributed by atoms with Crippen LogP contribution in [0.25, 0.3) is 0 Å². The molecule has 0 aromatic rings. The van der Waals surface area contributed by atoms with E-state index in [9.17, 15) is 4.79 Å². The van der Waals surface area contributed by atoms with E-state index in [4.69, 9.17) is 9.47 Å². The minimum absolute atomic E-state index is 0.0698. The van der Waals surface area contributed by atoms with Crippen LogP contribution in [0.15, 0.2) is 0 Å². The van der Waals surface area contributed by atoms with E-state index in [1.54, 1.807) is 0 Å². The summed E-state index contributed by atoms with van der Waals surface area (Å²) in [6.45, 7) is 5.09. The number of unbranched alkanes of at least 4 members (excludes halogenated alkanes) is 2. The smallest absolute Gasteiger partial charge is 0.305 e. The van der Waals surface area contributed by atoms with Crippen LogP contribution in [-0.2, 0) is 14.3 Å². The van der Waals surface area contributed by atoms with Crippen LogP contribution in [0.2, 0.25) is 0 Å². The molecule has 4 nitrogen and oxygen atoms in total. The van der Waals surface area contributed by atoms with E-state index < -0.39 is 0 Å². The molecule has 0 spiro atoms. The molecule has 1 heterocycles. The lowest BCUT2D eigenvalue weighted by atomic mass is 10.2. The number of ether oxygens (including phenoxy) is 2. The highest BCUT2D eigenvalue weighted by atomic mass is 16.5. The number of carbonyl (C=O) groups excluding carboxylic acids is 1. The standard InChI is InChI=1S/C12H23NO3/c1-2-16-12(14)6-4-3-5-8-13-11-7-9-15-10-11/h11,13H,2-10H2,1H3. The molecular formula is C12H23NO3. The third-order valence-corrected chi connectivity index (χ3v) is 2.73. The molecule has 1 rings (SSSR count). The highest BCUT2D eigenvalue weighted by Gasteiger charge is 2.13. The maximum atomic E-state index is 11.0. The largest absolute Gasteiger partial charge is 0.466 e. The van der Waals surface area contributed by atoms with Gasteiger partial charge in [-0.25, -0.2) is 0 Å². The first kappa shape index (κ1) is 13.5. The molecule has 1 saturated heterocycles. The predicted octanol–water partition coefficient (Wildman–Crippen LogP) is 1.49. The van der Waals surface area contributed by atoms with Gasteiger partial charge in [0.25, 0.3) is 0 Å². The normalized spacial score (nSPS) is 19.9. The van der Waals surface area contributed by atoms with Crippen molar-refractivity contribution in [3.05, 3.63) is 0 Å². The summed E-state index contributed by atoms with van der Waals surface area (Å²) >= 11 is 0. The van der Waals surface area contributed by atoms with E-state index >= 15 is 0 Å². The number of hydrogen-bond acceptors (Lipinski definition) is 4. The van der Waals surface area contributed by atoms with Crippen molar-refractivity contribution < 1.29 is 14.3 Å². The fourth-order valence-electron chi connectivity index (χ4n) is 1.81. The van der Waals surface area contributed by atoms with Crippen LogP contribution in [0.5, 0.6) is 0 Å². The van der Waals surface area contributed by atoms with Crippen molar-refractivity contribution in [2.24, 2.45) is 0 Å². The number of hydrogen-bond donors (Lipinski definition) is 1. The summed E-state index contributed by atoms with van der Waals surface area (Å²) in [7, 11) is 0. The molecule has 1 aliphatic rings. The van der Waals surface area contributed by atoms with Gasteiger partial charge >= 0.3 is 5.97 Å². The maximum Gasteiger partial charge on any atom is 0.305 e. The van der Waals surface area contributed by atoms with E-state index in [1.807, 2.05) is 6.92 Å². The summed E-state index contributed by atoms with van der Waals surface area (Å²) in [5.41, 5.74) is 0.